The van der Waals surface area contributed by atoms with E-state index in [4.69, 9.17) is 5.73 Å². The molecule has 0 saturated carbocycles. The average Bonchev–Trinajstić information content (AvgIpc) is 2.67. The molecule has 27 heavy (non-hydrogen) atoms. The maximum absolute atomic E-state index is 13.2. The Balaban J connectivity index is 2.03. The number of nitrogen functional groups attached to an aromatic ring is 1. The Hall–Kier alpha value is -3.74. The molecular formula is C20H15FN4O2. The van der Waals surface area contributed by atoms with Crippen molar-refractivity contribution < 1.29 is 4.39 Å². The minimum Gasteiger partial charge on any atom is -0.384 e. The van der Waals surface area contributed by atoms with Crippen LogP contribution in [0, 0.1) is 5.82 Å². The summed E-state index contributed by atoms with van der Waals surface area (Å²) in [5.74, 6) is -0.173. The Bertz CT molecular complexity index is 1250. The van der Waals surface area contributed by atoms with E-state index in [1.54, 1.807) is 42.5 Å². The summed E-state index contributed by atoms with van der Waals surface area (Å²) in [7, 11) is 0. The summed E-state index contributed by atoms with van der Waals surface area (Å²) in [6.07, 6.45) is 0. The van der Waals surface area contributed by atoms with Gasteiger partial charge in [-0.05, 0) is 42.0 Å². The summed E-state index contributed by atoms with van der Waals surface area (Å²) >= 11 is 0. The van der Waals surface area contributed by atoms with Gasteiger partial charge < -0.3 is 5.73 Å². The van der Waals surface area contributed by atoms with Gasteiger partial charge in [-0.2, -0.15) is 0 Å². The highest BCUT2D eigenvalue weighted by Crippen LogP contribution is 2.14. The SMILES string of the molecule is Nc1ccc2c(=O)n(Cc3ccc(F)cc3)c(=O)n(-c3ccccc3)c2n1. The number of rotatable bonds is 3. The van der Waals surface area contributed by atoms with E-state index in [-0.39, 0.29) is 29.2 Å². The molecule has 0 unspecified atom stereocenters. The van der Waals surface area contributed by atoms with Crippen molar-refractivity contribution in [3.8, 4) is 5.69 Å². The molecular weight excluding hydrogens is 347 g/mol. The maximum Gasteiger partial charge on any atom is 0.337 e. The molecule has 2 aromatic carbocycles. The first-order valence-corrected chi connectivity index (χ1v) is 8.26. The molecule has 0 amide bonds. The molecule has 134 valence electrons. The van der Waals surface area contributed by atoms with Crippen molar-refractivity contribution in [2.24, 2.45) is 0 Å². The molecule has 0 aliphatic rings. The third kappa shape index (κ3) is 2.99. The fourth-order valence-corrected chi connectivity index (χ4v) is 2.97. The maximum atomic E-state index is 13.2. The van der Waals surface area contributed by atoms with E-state index in [2.05, 4.69) is 4.98 Å². The molecule has 2 heterocycles. The number of hydrogen-bond acceptors (Lipinski definition) is 4. The van der Waals surface area contributed by atoms with Crippen LogP contribution in [-0.2, 0) is 6.54 Å². The van der Waals surface area contributed by atoms with Crippen molar-refractivity contribution in [2.75, 3.05) is 5.73 Å². The van der Waals surface area contributed by atoms with Gasteiger partial charge >= 0.3 is 5.69 Å². The third-order valence-corrected chi connectivity index (χ3v) is 4.27. The van der Waals surface area contributed by atoms with Crippen LogP contribution in [0.2, 0.25) is 0 Å². The van der Waals surface area contributed by atoms with Crippen LogP contribution in [-0.4, -0.2) is 14.1 Å². The number of aromatic nitrogens is 3. The molecule has 0 aliphatic carbocycles. The lowest BCUT2D eigenvalue weighted by Gasteiger charge is -2.14. The van der Waals surface area contributed by atoms with Gasteiger partial charge in [0.25, 0.3) is 5.56 Å². The van der Waals surface area contributed by atoms with Crippen molar-refractivity contribution in [2.45, 2.75) is 6.54 Å². The number of para-hydroxylation sites is 1. The number of nitrogens with two attached hydrogens (primary N) is 1. The van der Waals surface area contributed by atoms with E-state index >= 15 is 0 Å². The molecule has 0 saturated heterocycles. The first-order chi connectivity index (χ1) is 13.0. The highest BCUT2D eigenvalue weighted by atomic mass is 19.1. The highest BCUT2D eigenvalue weighted by molar-refractivity contribution is 5.77. The minimum atomic E-state index is -0.541. The van der Waals surface area contributed by atoms with Gasteiger partial charge in [-0.25, -0.2) is 18.7 Å². The Morgan fingerprint density at radius 3 is 2.33 bits per heavy atom. The molecule has 2 aromatic heterocycles. The second-order valence-electron chi connectivity index (χ2n) is 6.08. The van der Waals surface area contributed by atoms with Crippen molar-refractivity contribution >= 4 is 16.9 Å². The van der Waals surface area contributed by atoms with Gasteiger partial charge in [-0.1, -0.05) is 30.3 Å². The predicted molar refractivity (Wildman–Crippen MR) is 102 cm³/mol. The summed E-state index contributed by atoms with van der Waals surface area (Å²) in [6, 6.07) is 17.6. The number of halogens is 1. The fraction of sp³-hybridized carbons (Fsp3) is 0.0500. The lowest BCUT2D eigenvalue weighted by atomic mass is 10.2. The van der Waals surface area contributed by atoms with Crippen molar-refractivity contribution in [3.05, 3.63) is 98.9 Å². The lowest BCUT2D eigenvalue weighted by Crippen LogP contribution is -2.40. The highest BCUT2D eigenvalue weighted by Gasteiger charge is 2.16. The first kappa shape index (κ1) is 16.7. The Morgan fingerprint density at radius 2 is 1.63 bits per heavy atom. The minimum absolute atomic E-state index is 0.0189. The Labute approximate surface area is 152 Å². The molecule has 0 fully saturated rings. The smallest absolute Gasteiger partial charge is 0.337 e. The van der Waals surface area contributed by atoms with Crippen molar-refractivity contribution in [1.29, 1.82) is 0 Å². The van der Waals surface area contributed by atoms with Crippen LogP contribution >= 0.6 is 0 Å². The van der Waals surface area contributed by atoms with Crippen LogP contribution < -0.4 is 17.0 Å². The van der Waals surface area contributed by atoms with Crippen LogP contribution in [0.3, 0.4) is 0 Å². The van der Waals surface area contributed by atoms with Gasteiger partial charge in [0.05, 0.1) is 17.6 Å². The van der Waals surface area contributed by atoms with Gasteiger partial charge in [-0.15, -0.1) is 0 Å². The lowest BCUT2D eigenvalue weighted by molar-refractivity contribution is 0.624. The Morgan fingerprint density at radius 1 is 0.926 bits per heavy atom. The van der Waals surface area contributed by atoms with Crippen molar-refractivity contribution in [1.82, 2.24) is 14.1 Å². The number of benzene rings is 2. The van der Waals surface area contributed by atoms with Gasteiger partial charge in [0.15, 0.2) is 5.65 Å². The van der Waals surface area contributed by atoms with Crippen LogP contribution in [0.4, 0.5) is 10.2 Å². The quantitative estimate of drug-likeness (QED) is 0.606. The second-order valence-corrected chi connectivity index (χ2v) is 6.08. The summed E-state index contributed by atoms with van der Waals surface area (Å²) in [4.78, 5) is 30.3. The van der Waals surface area contributed by atoms with Gasteiger partial charge in [0, 0.05) is 0 Å². The summed E-state index contributed by atoms with van der Waals surface area (Å²) in [5.41, 5.74) is 6.17. The van der Waals surface area contributed by atoms with E-state index in [1.165, 1.54) is 22.8 Å². The van der Waals surface area contributed by atoms with Gasteiger partial charge in [0.2, 0.25) is 0 Å². The monoisotopic (exact) mass is 362 g/mol. The molecule has 4 aromatic rings. The topological polar surface area (TPSA) is 82.9 Å². The third-order valence-electron chi connectivity index (χ3n) is 4.27. The molecule has 2 N–H and O–H groups in total. The average molecular weight is 362 g/mol. The van der Waals surface area contributed by atoms with E-state index in [1.807, 2.05) is 6.07 Å². The zero-order valence-corrected chi connectivity index (χ0v) is 14.2. The fourth-order valence-electron chi connectivity index (χ4n) is 2.97. The molecule has 0 bridgehead atoms. The van der Waals surface area contributed by atoms with E-state index in [0.717, 1.165) is 4.57 Å². The van der Waals surface area contributed by atoms with E-state index < -0.39 is 11.2 Å². The first-order valence-electron chi connectivity index (χ1n) is 8.26. The van der Waals surface area contributed by atoms with Gasteiger partial charge in [-0.3, -0.25) is 9.36 Å². The largest absolute Gasteiger partial charge is 0.384 e. The molecule has 7 heteroatoms. The molecule has 0 spiro atoms. The molecule has 4 rings (SSSR count). The predicted octanol–water partition coefficient (Wildman–Crippen LogP) is 2.32. The number of pyridine rings is 1. The number of hydrogen-bond donors (Lipinski definition) is 1. The zero-order valence-electron chi connectivity index (χ0n) is 14.2. The number of fused-ring (bicyclic) bond motifs is 1. The molecule has 0 radical (unpaired) electrons. The molecule has 6 nitrogen and oxygen atoms in total. The summed E-state index contributed by atoms with van der Waals surface area (Å²) in [6.45, 7) is 0.0189. The summed E-state index contributed by atoms with van der Waals surface area (Å²) < 4.78 is 15.6. The van der Waals surface area contributed by atoms with E-state index in [0.29, 0.717) is 11.3 Å². The van der Waals surface area contributed by atoms with E-state index in [9.17, 15) is 14.0 Å². The normalized spacial score (nSPS) is 11.0. The van der Waals surface area contributed by atoms with Crippen molar-refractivity contribution in [3.63, 3.8) is 0 Å². The number of nitrogens with zero attached hydrogens (tertiary/aromatic N) is 3. The summed E-state index contributed by atoms with van der Waals surface area (Å²) in [5, 5.41) is 0.273. The van der Waals surface area contributed by atoms with Gasteiger partial charge in [0.1, 0.15) is 11.6 Å². The standard InChI is InChI=1S/C20H15FN4O2/c21-14-8-6-13(7-9-14)12-24-19(26)16-10-11-17(22)23-18(16)25(20(24)27)15-4-2-1-3-5-15/h1-11H,12H2,(H2,22,23). The second kappa shape index (κ2) is 6.53. The molecule has 0 atom stereocenters. The number of anilines is 1. The van der Waals surface area contributed by atoms with Crippen LogP contribution in [0.15, 0.2) is 76.3 Å². The van der Waals surface area contributed by atoms with Crippen LogP contribution in [0.25, 0.3) is 16.7 Å². The Kier molecular flexibility index (Phi) is 4.04. The zero-order chi connectivity index (χ0) is 19.0. The van der Waals surface area contributed by atoms with Crippen LogP contribution in [0.5, 0.6) is 0 Å². The van der Waals surface area contributed by atoms with Crippen LogP contribution in [0.1, 0.15) is 5.56 Å². The molecule has 0 aliphatic heterocycles.